The van der Waals surface area contributed by atoms with Crippen LogP contribution in [-0.2, 0) is 5.33 Å². The Morgan fingerprint density at radius 1 is 1.31 bits per heavy atom. The third-order valence-corrected chi connectivity index (χ3v) is 4.09. The van der Waals surface area contributed by atoms with Crippen molar-refractivity contribution in [3.8, 4) is 0 Å². The maximum absolute atomic E-state index is 3.52. The number of halogens is 1. The lowest BCUT2D eigenvalue weighted by Gasteiger charge is -2.02. The first kappa shape index (κ1) is 9.22. The standard InChI is InChI=1S/C11H11BrS/c1-7-3-4-10-11(8(7)2)9(5-12)6-13-10/h3-4,6H,5H2,1-2H3. The summed E-state index contributed by atoms with van der Waals surface area (Å²) in [7, 11) is 0. The minimum atomic E-state index is 0.956. The van der Waals surface area contributed by atoms with Crippen LogP contribution in [0, 0.1) is 13.8 Å². The first-order valence-electron chi connectivity index (χ1n) is 4.26. The van der Waals surface area contributed by atoms with Crippen molar-refractivity contribution in [1.29, 1.82) is 0 Å². The van der Waals surface area contributed by atoms with E-state index in [1.165, 1.54) is 26.8 Å². The maximum Gasteiger partial charge on any atom is 0.0348 e. The number of hydrogen-bond acceptors (Lipinski definition) is 1. The van der Waals surface area contributed by atoms with Gasteiger partial charge < -0.3 is 0 Å². The highest BCUT2D eigenvalue weighted by Crippen LogP contribution is 2.31. The van der Waals surface area contributed by atoms with Gasteiger partial charge in [-0.15, -0.1) is 11.3 Å². The normalized spacial score (nSPS) is 11.0. The third-order valence-electron chi connectivity index (χ3n) is 2.49. The molecule has 0 unspecified atom stereocenters. The van der Waals surface area contributed by atoms with Gasteiger partial charge in [0.25, 0.3) is 0 Å². The predicted octanol–water partition coefficient (Wildman–Crippen LogP) is 4.41. The van der Waals surface area contributed by atoms with Gasteiger partial charge in [-0.1, -0.05) is 22.0 Å². The van der Waals surface area contributed by atoms with Gasteiger partial charge in [-0.2, -0.15) is 0 Å². The molecule has 0 spiro atoms. The van der Waals surface area contributed by atoms with Crippen LogP contribution in [0.3, 0.4) is 0 Å². The Balaban J connectivity index is 2.85. The van der Waals surface area contributed by atoms with Crippen molar-refractivity contribution < 1.29 is 0 Å². The summed E-state index contributed by atoms with van der Waals surface area (Å²) in [5, 5.41) is 4.64. The van der Waals surface area contributed by atoms with E-state index >= 15 is 0 Å². The van der Waals surface area contributed by atoms with E-state index in [0.29, 0.717) is 0 Å². The van der Waals surface area contributed by atoms with Crippen LogP contribution in [0.25, 0.3) is 10.1 Å². The Bertz CT molecular complexity index is 443. The monoisotopic (exact) mass is 254 g/mol. The first-order valence-corrected chi connectivity index (χ1v) is 6.26. The van der Waals surface area contributed by atoms with Crippen LogP contribution in [0.4, 0.5) is 0 Å². The van der Waals surface area contributed by atoms with E-state index in [-0.39, 0.29) is 0 Å². The smallest absolute Gasteiger partial charge is 0.0348 e. The summed E-state index contributed by atoms with van der Waals surface area (Å²) in [5.41, 5.74) is 4.22. The van der Waals surface area contributed by atoms with E-state index in [1.807, 2.05) is 11.3 Å². The van der Waals surface area contributed by atoms with Crippen LogP contribution < -0.4 is 0 Å². The maximum atomic E-state index is 3.52. The second-order valence-corrected chi connectivity index (χ2v) is 4.75. The van der Waals surface area contributed by atoms with Gasteiger partial charge in [0.15, 0.2) is 0 Å². The fourth-order valence-electron chi connectivity index (χ4n) is 1.58. The minimum absolute atomic E-state index is 0.956. The minimum Gasteiger partial charge on any atom is -0.143 e. The molecule has 68 valence electrons. The van der Waals surface area contributed by atoms with Crippen molar-refractivity contribution in [3.05, 3.63) is 34.2 Å². The second-order valence-electron chi connectivity index (χ2n) is 3.28. The highest BCUT2D eigenvalue weighted by molar-refractivity contribution is 9.08. The van der Waals surface area contributed by atoms with Crippen LogP contribution in [-0.4, -0.2) is 0 Å². The largest absolute Gasteiger partial charge is 0.143 e. The van der Waals surface area contributed by atoms with Gasteiger partial charge in [0.1, 0.15) is 0 Å². The lowest BCUT2D eigenvalue weighted by Crippen LogP contribution is -1.83. The molecule has 0 saturated heterocycles. The molecular weight excluding hydrogens is 244 g/mol. The summed E-state index contributed by atoms with van der Waals surface area (Å²) in [5.74, 6) is 0. The van der Waals surface area contributed by atoms with Crippen LogP contribution in [0.5, 0.6) is 0 Å². The van der Waals surface area contributed by atoms with Crippen molar-refractivity contribution in [3.63, 3.8) is 0 Å². The van der Waals surface area contributed by atoms with Crippen molar-refractivity contribution in [2.24, 2.45) is 0 Å². The molecule has 0 saturated carbocycles. The number of thiophene rings is 1. The van der Waals surface area contributed by atoms with Crippen LogP contribution in [0.2, 0.25) is 0 Å². The van der Waals surface area contributed by atoms with Gasteiger partial charge in [-0.05, 0) is 47.4 Å². The number of hydrogen-bond donors (Lipinski definition) is 0. The Labute approximate surface area is 90.7 Å². The van der Waals surface area contributed by atoms with E-state index in [2.05, 4.69) is 47.3 Å². The summed E-state index contributed by atoms with van der Waals surface area (Å²) >= 11 is 5.35. The molecule has 0 amide bonds. The Morgan fingerprint density at radius 3 is 2.77 bits per heavy atom. The molecule has 0 aliphatic carbocycles. The Hall–Kier alpha value is -0.340. The van der Waals surface area contributed by atoms with E-state index in [0.717, 1.165) is 5.33 Å². The molecule has 0 N–H and O–H groups in total. The summed E-state index contributed by atoms with van der Waals surface area (Å²) in [4.78, 5) is 0. The lowest BCUT2D eigenvalue weighted by atomic mass is 10.0. The molecule has 0 nitrogen and oxygen atoms in total. The van der Waals surface area contributed by atoms with Crippen LogP contribution >= 0.6 is 27.3 Å². The summed E-state index contributed by atoms with van der Waals surface area (Å²) in [6.07, 6.45) is 0. The fraction of sp³-hybridized carbons (Fsp3) is 0.273. The summed E-state index contributed by atoms with van der Waals surface area (Å²) in [6.45, 7) is 4.38. The number of aryl methyl sites for hydroxylation is 2. The third kappa shape index (κ3) is 1.42. The molecule has 0 fully saturated rings. The van der Waals surface area contributed by atoms with E-state index < -0.39 is 0 Å². The van der Waals surface area contributed by atoms with E-state index in [1.54, 1.807) is 0 Å². The topological polar surface area (TPSA) is 0 Å². The molecule has 0 bridgehead atoms. The van der Waals surface area contributed by atoms with Gasteiger partial charge in [-0.3, -0.25) is 0 Å². The molecule has 0 aliphatic rings. The molecule has 1 aromatic heterocycles. The average molecular weight is 255 g/mol. The van der Waals surface area contributed by atoms with Crippen molar-refractivity contribution in [1.82, 2.24) is 0 Å². The van der Waals surface area contributed by atoms with Crippen LogP contribution in [0.15, 0.2) is 17.5 Å². The van der Waals surface area contributed by atoms with Crippen LogP contribution in [0.1, 0.15) is 16.7 Å². The number of benzene rings is 1. The SMILES string of the molecule is Cc1ccc2scc(CBr)c2c1C. The molecule has 1 aromatic carbocycles. The Kier molecular flexibility index (Phi) is 2.43. The van der Waals surface area contributed by atoms with Gasteiger partial charge in [0.05, 0.1) is 0 Å². The number of alkyl halides is 1. The second kappa shape index (κ2) is 3.43. The molecular formula is C11H11BrS. The zero-order valence-corrected chi connectivity index (χ0v) is 10.1. The summed E-state index contributed by atoms with van der Waals surface area (Å²) in [6, 6.07) is 4.42. The van der Waals surface area contributed by atoms with Crippen molar-refractivity contribution in [2.45, 2.75) is 19.2 Å². The highest BCUT2D eigenvalue weighted by atomic mass is 79.9. The van der Waals surface area contributed by atoms with Gasteiger partial charge in [0, 0.05) is 10.0 Å². The molecule has 2 aromatic rings. The fourth-order valence-corrected chi connectivity index (χ4v) is 3.26. The first-order chi connectivity index (χ1) is 6.24. The van der Waals surface area contributed by atoms with Gasteiger partial charge in [-0.25, -0.2) is 0 Å². The molecule has 0 atom stereocenters. The molecule has 2 rings (SSSR count). The molecule has 0 radical (unpaired) electrons. The lowest BCUT2D eigenvalue weighted by molar-refractivity contribution is 1.37. The molecule has 2 heteroatoms. The number of rotatable bonds is 1. The zero-order chi connectivity index (χ0) is 9.42. The van der Waals surface area contributed by atoms with Gasteiger partial charge >= 0.3 is 0 Å². The van der Waals surface area contributed by atoms with E-state index in [4.69, 9.17) is 0 Å². The molecule has 0 aliphatic heterocycles. The highest BCUT2D eigenvalue weighted by Gasteiger charge is 2.06. The molecule has 1 heterocycles. The quantitative estimate of drug-likeness (QED) is 0.662. The van der Waals surface area contributed by atoms with Crippen molar-refractivity contribution in [2.75, 3.05) is 0 Å². The van der Waals surface area contributed by atoms with Crippen molar-refractivity contribution >= 4 is 37.4 Å². The summed E-state index contributed by atoms with van der Waals surface area (Å²) < 4.78 is 1.40. The average Bonchev–Trinajstić information content (AvgIpc) is 2.55. The van der Waals surface area contributed by atoms with Gasteiger partial charge in [0.2, 0.25) is 0 Å². The zero-order valence-electron chi connectivity index (χ0n) is 7.73. The molecule has 13 heavy (non-hydrogen) atoms. The Morgan fingerprint density at radius 2 is 2.08 bits per heavy atom. The number of fused-ring (bicyclic) bond motifs is 1. The van der Waals surface area contributed by atoms with E-state index in [9.17, 15) is 0 Å². The predicted molar refractivity (Wildman–Crippen MR) is 63.9 cm³/mol.